The van der Waals surface area contributed by atoms with E-state index in [9.17, 15) is 0 Å². The molecule has 4 aliphatic carbocycles. The molecule has 0 aliphatic heterocycles. The summed E-state index contributed by atoms with van der Waals surface area (Å²) < 4.78 is 0. The fraction of sp³-hybridized carbons (Fsp3) is 0.533. The minimum atomic E-state index is 0.844. The van der Waals surface area contributed by atoms with E-state index >= 15 is 0 Å². The van der Waals surface area contributed by atoms with Gasteiger partial charge in [0.2, 0.25) is 0 Å². The molecule has 0 heterocycles. The van der Waals surface area contributed by atoms with E-state index in [-0.39, 0.29) is 0 Å². The minimum absolute atomic E-state index is 0.844. The van der Waals surface area contributed by atoms with Gasteiger partial charge >= 0.3 is 0 Å². The molecule has 5 rings (SSSR count). The molecule has 0 saturated heterocycles. The Kier molecular flexibility index (Phi) is 1.09. The highest BCUT2D eigenvalue weighted by molar-refractivity contribution is 5.54. The fourth-order valence-corrected chi connectivity index (χ4v) is 5.22. The smallest absolute Gasteiger partial charge is 0.0991 e. The van der Waals surface area contributed by atoms with E-state index in [0.717, 1.165) is 41.1 Å². The van der Waals surface area contributed by atoms with Crippen molar-refractivity contribution in [2.24, 2.45) is 23.7 Å². The van der Waals surface area contributed by atoms with Gasteiger partial charge < -0.3 is 0 Å². The molecule has 0 spiro atoms. The maximum atomic E-state index is 9.00. The quantitative estimate of drug-likeness (QED) is 0.641. The lowest BCUT2D eigenvalue weighted by atomic mass is 9.69. The lowest BCUT2D eigenvalue weighted by Crippen LogP contribution is -2.26. The van der Waals surface area contributed by atoms with Crippen LogP contribution in [-0.2, 0) is 0 Å². The van der Waals surface area contributed by atoms with Crippen LogP contribution in [0.2, 0.25) is 0 Å². The predicted octanol–water partition coefficient (Wildman–Crippen LogP) is 3.02. The van der Waals surface area contributed by atoms with Crippen LogP contribution in [0.4, 0.5) is 0 Å². The van der Waals surface area contributed by atoms with Crippen molar-refractivity contribution < 1.29 is 0 Å². The third-order valence-corrected chi connectivity index (χ3v) is 5.82. The van der Waals surface area contributed by atoms with Crippen LogP contribution in [0, 0.1) is 35.0 Å². The zero-order chi connectivity index (χ0) is 10.4. The number of benzene rings is 1. The van der Waals surface area contributed by atoms with E-state index in [1.165, 1.54) is 12.8 Å². The van der Waals surface area contributed by atoms with Crippen LogP contribution in [0.5, 0.6) is 0 Å². The van der Waals surface area contributed by atoms with Gasteiger partial charge in [0.05, 0.1) is 11.6 Å². The standard InChI is InChI=1S/C15H13N/c16-6-7-1-2-10-11(5-7)12-8-3-4-9(8)13-14(10)15(12)13/h1-2,5,8-9,12-15H,3-4H2/t8-,9+,12+,13-,14-,15+/m1/s1. The summed E-state index contributed by atoms with van der Waals surface area (Å²) in [6, 6.07) is 8.73. The lowest BCUT2D eigenvalue weighted by Gasteiger charge is -2.36. The van der Waals surface area contributed by atoms with Crippen molar-refractivity contribution in [2.45, 2.75) is 24.7 Å². The van der Waals surface area contributed by atoms with Gasteiger partial charge in [-0.25, -0.2) is 0 Å². The van der Waals surface area contributed by atoms with Gasteiger partial charge in [0.15, 0.2) is 0 Å². The van der Waals surface area contributed by atoms with E-state index in [1.807, 2.05) is 6.07 Å². The number of nitriles is 1. The first-order chi connectivity index (χ1) is 7.90. The van der Waals surface area contributed by atoms with Crippen molar-refractivity contribution in [3.63, 3.8) is 0 Å². The van der Waals surface area contributed by atoms with E-state index in [4.69, 9.17) is 5.26 Å². The Morgan fingerprint density at radius 2 is 1.88 bits per heavy atom. The van der Waals surface area contributed by atoms with Crippen molar-refractivity contribution >= 4 is 0 Å². The normalized spacial score (nSPS) is 48.7. The second kappa shape index (κ2) is 2.20. The van der Waals surface area contributed by atoms with Crippen molar-refractivity contribution in [2.75, 3.05) is 0 Å². The summed E-state index contributed by atoms with van der Waals surface area (Å²) in [5, 5.41) is 9.00. The summed E-state index contributed by atoms with van der Waals surface area (Å²) in [4.78, 5) is 0. The van der Waals surface area contributed by atoms with E-state index in [1.54, 1.807) is 11.1 Å². The Morgan fingerprint density at radius 3 is 2.62 bits per heavy atom. The van der Waals surface area contributed by atoms with Gasteiger partial charge in [-0.1, -0.05) is 6.07 Å². The summed E-state index contributed by atoms with van der Waals surface area (Å²) in [7, 11) is 0. The number of fused-ring (bicyclic) bond motifs is 7. The fourth-order valence-electron chi connectivity index (χ4n) is 5.22. The first-order valence-corrected chi connectivity index (χ1v) is 6.44. The Labute approximate surface area is 95.1 Å². The largest absolute Gasteiger partial charge is 0.192 e. The number of nitrogens with zero attached hydrogens (tertiary/aromatic N) is 1. The van der Waals surface area contributed by atoms with Crippen LogP contribution in [0.1, 0.15) is 41.4 Å². The summed E-state index contributed by atoms with van der Waals surface area (Å²) in [5.74, 6) is 5.82. The highest BCUT2D eigenvalue weighted by Crippen LogP contribution is 2.81. The third-order valence-electron chi connectivity index (χ3n) is 5.82. The highest BCUT2D eigenvalue weighted by atomic mass is 14.8. The van der Waals surface area contributed by atoms with Gasteiger partial charge in [-0.15, -0.1) is 0 Å². The molecule has 0 bridgehead atoms. The average molecular weight is 207 g/mol. The Morgan fingerprint density at radius 1 is 1.00 bits per heavy atom. The van der Waals surface area contributed by atoms with Crippen LogP contribution in [0.15, 0.2) is 18.2 Å². The van der Waals surface area contributed by atoms with Crippen LogP contribution in [-0.4, -0.2) is 0 Å². The van der Waals surface area contributed by atoms with Gasteiger partial charge in [-0.05, 0) is 71.6 Å². The minimum Gasteiger partial charge on any atom is -0.192 e. The molecule has 1 aromatic carbocycles. The molecule has 3 saturated carbocycles. The molecule has 4 aliphatic rings. The molecular weight excluding hydrogens is 194 g/mol. The summed E-state index contributed by atoms with van der Waals surface area (Å²) >= 11 is 0. The maximum absolute atomic E-state index is 9.00. The summed E-state index contributed by atoms with van der Waals surface area (Å²) in [6.45, 7) is 0. The molecule has 1 heteroatoms. The zero-order valence-electron chi connectivity index (χ0n) is 9.06. The van der Waals surface area contributed by atoms with E-state index in [2.05, 4.69) is 18.2 Å². The predicted molar refractivity (Wildman–Crippen MR) is 59.8 cm³/mol. The number of hydrogen-bond acceptors (Lipinski definition) is 1. The molecule has 0 radical (unpaired) electrons. The molecule has 1 aromatic rings. The molecular formula is C15H13N. The van der Waals surface area contributed by atoms with E-state index in [0.29, 0.717) is 0 Å². The molecule has 3 fully saturated rings. The van der Waals surface area contributed by atoms with Crippen LogP contribution >= 0.6 is 0 Å². The first-order valence-electron chi connectivity index (χ1n) is 6.44. The zero-order valence-corrected chi connectivity index (χ0v) is 9.06. The average Bonchev–Trinajstić information content (AvgIpc) is 2.81. The molecule has 0 unspecified atom stereocenters. The van der Waals surface area contributed by atoms with Gasteiger partial charge in [-0.3, -0.25) is 0 Å². The Hall–Kier alpha value is -1.29. The summed E-state index contributed by atoms with van der Waals surface area (Å²) in [6.07, 6.45) is 2.93. The van der Waals surface area contributed by atoms with Crippen molar-refractivity contribution in [1.82, 2.24) is 0 Å². The molecule has 0 amide bonds. The molecule has 78 valence electrons. The molecule has 6 atom stereocenters. The van der Waals surface area contributed by atoms with Crippen molar-refractivity contribution in [3.8, 4) is 6.07 Å². The Bertz CT molecular complexity index is 553. The van der Waals surface area contributed by atoms with Gasteiger partial charge in [0, 0.05) is 0 Å². The van der Waals surface area contributed by atoms with Gasteiger partial charge in [-0.2, -0.15) is 5.26 Å². The van der Waals surface area contributed by atoms with Crippen LogP contribution in [0.25, 0.3) is 0 Å². The first kappa shape index (κ1) is 7.90. The number of rotatable bonds is 0. The monoisotopic (exact) mass is 207 g/mol. The van der Waals surface area contributed by atoms with Crippen molar-refractivity contribution in [3.05, 3.63) is 34.9 Å². The van der Waals surface area contributed by atoms with E-state index < -0.39 is 0 Å². The van der Waals surface area contributed by atoms with Crippen LogP contribution < -0.4 is 0 Å². The second-order valence-electron chi connectivity index (χ2n) is 6.07. The topological polar surface area (TPSA) is 23.8 Å². The lowest BCUT2D eigenvalue weighted by molar-refractivity contribution is 0.166. The SMILES string of the molecule is N#Cc1ccc2c(c1)[C@@H]1[C@@H]3CC[C@@H]3[C@@H]3[C@@H]2[C@@H]13. The third kappa shape index (κ3) is 0.627. The Balaban J connectivity index is 1.73. The maximum Gasteiger partial charge on any atom is 0.0991 e. The summed E-state index contributed by atoms with van der Waals surface area (Å²) in [5.41, 5.74) is 4.02. The second-order valence-corrected chi connectivity index (χ2v) is 6.07. The molecule has 0 aromatic heterocycles. The van der Waals surface area contributed by atoms with Gasteiger partial charge in [0.1, 0.15) is 0 Å². The molecule has 0 N–H and O–H groups in total. The molecule has 1 nitrogen and oxygen atoms in total. The highest BCUT2D eigenvalue weighted by Gasteiger charge is 2.73. The number of hydrogen-bond donors (Lipinski definition) is 0. The van der Waals surface area contributed by atoms with Crippen LogP contribution in [0.3, 0.4) is 0 Å². The van der Waals surface area contributed by atoms with Crippen molar-refractivity contribution in [1.29, 1.82) is 5.26 Å². The molecule has 16 heavy (non-hydrogen) atoms. The van der Waals surface area contributed by atoms with Gasteiger partial charge in [0.25, 0.3) is 0 Å².